The Balaban J connectivity index is 1.38. The highest BCUT2D eigenvalue weighted by atomic mass is 16.5. The summed E-state index contributed by atoms with van der Waals surface area (Å²) in [4.78, 5) is 25.8. The van der Waals surface area contributed by atoms with Crippen molar-refractivity contribution in [2.45, 2.75) is 38.7 Å². The van der Waals surface area contributed by atoms with Gasteiger partial charge in [0.05, 0.1) is 0 Å². The first-order valence-electron chi connectivity index (χ1n) is 10.9. The van der Waals surface area contributed by atoms with Gasteiger partial charge in [-0.25, -0.2) is 4.98 Å². The third-order valence-corrected chi connectivity index (χ3v) is 5.25. The lowest BCUT2D eigenvalue weighted by atomic mass is 10.2. The van der Waals surface area contributed by atoms with Gasteiger partial charge in [0, 0.05) is 58.6 Å². The fourth-order valence-corrected chi connectivity index (χ4v) is 3.65. The SMILES string of the molecule is CCNC(=NCCCCNc1ccccn1)N1CCN(C(=O)C2CCCO2)CC1. The van der Waals surface area contributed by atoms with E-state index in [1.54, 1.807) is 6.20 Å². The topological polar surface area (TPSA) is 82.1 Å². The van der Waals surface area contributed by atoms with E-state index in [4.69, 9.17) is 9.73 Å². The number of hydrogen-bond donors (Lipinski definition) is 2. The number of unbranched alkanes of at least 4 members (excludes halogenated alkanes) is 1. The predicted molar refractivity (Wildman–Crippen MR) is 115 cm³/mol. The molecule has 0 radical (unpaired) electrons. The van der Waals surface area contributed by atoms with Crippen molar-refractivity contribution in [2.75, 3.05) is 57.7 Å². The molecule has 2 saturated heterocycles. The Hall–Kier alpha value is -2.35. The van der Waals surface area contributed by atoms with Gasteiger partial charge >= 0.3 is 0 Å². The van der Waals surface area contributed by atoms with Crippen molar-refractivity contribution in [3.05, 3.63) is 24.4 Å². The smallest absolute Gasteiger partial charge is 0.251 e. The first-order chi connectivity index (χ1) is 14.3. The van der Waals surface area contributed by atoms with Crippen molar-refractivity contribution in [1.82, 2.24) is 20.1 Å². The number of pyridine rings is 1. The van der Waals surface area contributed by atoms with Crippen molar-refractivity contribution in [3.63, 3.8) is 0 Å². The van der Waals surface area contributed by atoms with Crippen LogP contribution in [0, 0.1) is 0 Å². The van der Waals surface area contributed by atoms with E-state index in [-0.39, 0.29) is 12.0 Å². The first-order valence-corrected chi connectivity index (χ1v) is 10.9. The Bertz CT molecular complexity index is 640. The van der Waals surface area contributed by atoms with E-state index >= 15 is 0 Å². The van der Waals surface area contributed by atoms with Gasteiger partial charge in [0.15, 0.2) is 5.96 Å². The summed E-state index contributed by atoms with van der Waals surface area (Å²) in [6.07, 6.45) is 5.49. The number of aliphatic imine (C=N–C) groups is 1. The van der Waals surface area contributed by atoms with Gasteiger partial charge in [-0.1, -0.05) is 6.07 Å². The van der Waals surface area contributed by atoms with Gasteiger partial charge in [0.1, 0.15) is 11.9 Å². The fraction of sp³-hybridized carbons (Fsp3) is 0.667. The summed E-state index contributed by atoms with van der Waals surface area (Å²) in [5.74, 6) is 2.03. The highest BCUT2D eigenvalue weighted by Crippen LogP contribution is 2.16. The Kier molecular flexibility index (Phi) is 8.55. The standard InChI is InChI=1S/C21H34N6O2/c1-2-22-21(25-12-6-5-11-24-19-9-3-4-10-23-19)27-15-13-26(14-16-27)20(28)18-8-7-17-29-18/h3-4,9-10,18H,2,5-8,11-17H2,1H3,(H,22,25)(H,23,24). The summed E-state index contributed by atoms with van der Waals surface area (Å²) in [5.41, 5.74) is 0. The average molecular weight is 403 g/mol. The molecule has 0 aliphatic carbocycles. The van der Waals surface area contributed by atoms with Crippen molar-refractivity contribution in [3.8, 4) is 0 Å². The maximum atomic E-state index is 12.5. The lowest BCUT2D eigenvalue weighted by Crippen LogP contribution is -2.55. The Labute approximate surface area is 173 Å². The summed E-state index contributed by atoms with van der Waals surface area (Å²) in [7, 11) is 0. The van der Waals surface area contributed by atoms with Gasteiger partial charge in [-0.05, 0) is 44.7 Å². The largest absolute Gasteiger partial charge is 0.370 e. The lowest BCUT2D eigenvalue weighted by Gasteiger charge is -2.37. The van der Waals surface area contributed by atoms with Crippen molar-refractivity contribution in [2.24, 2.45) is 4.99 Å². The maximum absolute atomic E-state index is 12.5. The van der Waals surface area contributed by atoms with Crippen LogP contribution in [0.5, 0.6) is 0 Å². The molecule has 2 fully saturated rings. The molecule has 1 unspecified atom stereocenters. The summed E-state index contributed by atoms with van der Waals surface area (Å²) in [6, 6.07) is 5.88. The molecule has 160 valence electrons. The number of aromatic nitrogens is 1. The van der Waals surface area contributed by atoms with E-state index in [2.05, 4.69) is 27.4 Å². The second-order valence-corrected chi connectivity index (χ2v) is 7.40. The van der Waals surface area contributed by atoms with E-state index in [1.807, 2.05) is 23.1 Å². The molecule has 8 nitrogen and oxygen atoms in total. The summed E-state index contributed by atoms with van der Waals surface area (Å²) < 4.78 is 5.54. The zero-order chi connectivity index (χ0) is 20.3. The minimum absolute atomic E-state index is 0.157. The molecule has 2 aliphatic rings. The monoisotopic (exact) mass is 402 g/mol. The van der Waals surface area contributed by atoms with Gasteiger partial charge in [-0.2, -0.15) is 0 Å². The zero-order valence-corrected chi connectivity index (χ0v) is 17.5. The number of ether oxygens (including phenoxy) is 1. The van der Waals surface area contributed by atoms with E-state index in [0.717, 1.165) is 83.3 Å². The predicted octanol–water partition coefficient (Wildman–Crippen LogP) is 1.56. The molecule has 0 aromatic carbocycles. The fourth-order valence-electron chi connectivity index (χ4n) is 3.65. The van der Waals surface area contributed by atoms with Crippen LogP contribution in [0.25, 0.3) is 0 Å². The minimum atomic E-state index is -0.219. The second kappa shape index (κ2) is 11.6. The number of nitrogens with zero attached hydrogens (tertiary/aromatic N) is 4. The highest BCUT2D eigenvalue weighted by molar-refractivity contribution is 5.82. The number of rotatable bonds is 8. The third kappa shape index (κ3) is 6.59. The molecule has 1 aromatic heterocycles. The molecule has 29 heavy (non-hydrogen) atoms. The third-order valence-electron chi connectivity index (χ3n) is 5.25. The number of guanidine groups is 1. The second-order valence-electron chi connectivity index (χ2n) is 7.40. The average Bonchev–Trinajstić information content (AvgIpc) is 3.31. The van der Waals surface area contributed by atoms with Crippen LogP contribution in [0.2, 0.25) is 0 Å². The van der Waals surface area contributed by atoms with Crippen molar-refractivity contribution in [1.29, 1.82) is 0 Å². The number of nitrogens with one attached hydrogen (secondary N) is 2. The van der Waals surface area contributed by atoms with Crippen molar-refractivity contribution >= 4 is 17.7 Å². The van der Waals surface area contributed by atoms with Gasteiger partial charge in [0.2, 0.25) is 0 Å². The summed E-state index contributed by atoms with van der Waals surface area (Å²) in [6.45, 7) is 8.42. The normalized spacial score (nSPS) is 20.0. The summed E-state index contributed by atoms with van der Waals surface area (Å²) >= 11 is 0. The quantitative estimate of drug-likeness (QED) is 0.390. The van der Waals surface area contributed by atoms with Crippen LogP contribution in [0.1, 0.15) is 32.6 Å². The van der Waals surface area contributed by atoms with Crippen molar-refractivity contribution < 1.29 is 9.53 Å². The molecule has 1 atom stereocenters. The van der Waals surface area contributed by atoms with Gasteiger partial charge in [0.25, 0.3) is 5.91 Å². The Morgan fingerprint density at radius 2 is 2.07 bits per heavy atom. The molecule has 3 rings (SSSR count). The van der Waals surface area contributed by atoms with Gasteiger partial charge in [-0.3, -0.25) is 9.79 Å². The molecule has 0 spiro atoms. The van der Waals surface area contributed by atoms with Crippen LogP contribution in [0.4, 0.5) is 5.82 Å². The molecule has 8 heteroatoms. The molecular weight excluding hydrogens is 368 g/mol. The Morgan fingerprint density at radius 1 is 1.24 bits per heavy atom. The van der Waals surface area contributed by atoms with E-state index in [0.29, 0.717) is 6.61 Å². The lowest BCUT2D eigenvalue weighted by molar-refractivity contribution is -0.142. The molecule has 1 amide bonds. The molecular formula is C21H34N6O2. The van der Waals surface area contributed by atoms with Gasteiger partial charge in [-0.15, -0.1) is 0 Å². The van der Waals surface area contributed by atoms with Crippen LogP contribution >= 0.6 is 0 Å². The van der Waals surface area contributed by atoms with Crippen LogP contribution < -0.4 is 10.6 Å². The number of amides is 1. The van der Waals surface area contributed by atoms with Crippen LogP contribution in [0.3, 0.4) is 0 Å². The molecule has 2 aliphatic heterocycles. The molecule has 3 heterocycles. The first kappa shape index (κ1) is 21.4. The molecule has 1 aromatic rings. The Morgan fingerprint density at radius 3 is 2.76 bits per heavy atom. The van der Waals surface area contributed by atoms with Gasteiger partial charge < -0.3 is 25.2 Å². The number of anilines is 1. The number of carbonyl (C=O) groups excluding carboxylic acids is 1. The van der Waals surface area contributed by atoms with E-state index in [9.17, 15) is 4.79 Å². The number of piperazine rings is 1. The molecule has 0 saturated carbocycles. The zero-order valence-electron chi connectivity index (χ0n) is 17.5. The van der Waals surface area contributed by atoms with E-state index < -0.39 is 0 Å². The molecule has 0 bridgehead atoms. The van der Waals surface area contributed by atoms with Crippen LogP contribution in [-0.4, -0.2) is 85.2 Å². The van der Waals surface area contributed by atoms with Crippen LogP contribution in [0.15, 0.2) is 29.4 Å². The number of hydrogen-bond acceptors (Lipinski definition) is 5. The number of carbonyl (C=O) groups is 1. The summed E-state index contributed by atoms with van der Waals surface area (Å²) in [5, 5.41) is 6.72. The maximum Gasteiger partial charge on any atom is 0.251 e. The van der Waals surface area contributed by atoms with E-state index in [1.165, 1.54) is 0 Å². The van der Waals surface area contributed by atoms with Crippen LogP contribution in [-0.2, 0) is 9.53 Å². The molecule has 2 N–H and O–H groups in total. The highest BCUT2D eigenvalue weighted by Gasteiger charge is 2.30. The minimum Gasteiger partial charge on any atom is -0.370 e.